The fourth-order valence-corrected chi connectivity index (χ4v) is 2.76. The molecular weight excluding hydrogens is 397 g/mol. The summed E-state index contributed by atoms with van der Waals surface area (Å²) in [5.74, 6) is -1.59. The lowest BCUT2D eigenvalue weighted by atomic mass is 10.2. The average Bonchev–Trinajstić information content (AvgIpc) is 3.11. The smallest absolute Gasteiger partial charge is 0.387 e. The van der Waals surface area contributed by atoms with Crippen LogP contribution in [0.1, 0.15) is 5.56 Å². The summed E-state index contributed by atoms with van der Waals surface area (Å²) in [5.41, 5.74) is 0.931. The Kier molecular flexibility index (Phi) is 5.99. The number of alkyl halides is 2. The van der Waals surface area contributed by atoms with Crippen LogP contribution < -0.4 is 4.74 Å². The zero-order chi connectivity index (χ0) is 20.1. The van der Waals surface area contributed by atoms with Crippen LogP contribution in [0.3, 0.4) is 0 Å². The molecule has 0 aliphatic heterocycles. The molecule has 0 fully saturated rings. The van der Waals surface area contributed by atoms with Crippen molar-refractivity contribution in [3.63, 3.8) is 0 Å². The SMILES string of the molecule is O=C(O)/C(=C\c1ccc(OC(F)F)cc1)Sc1nnc(-c2ccc(F)cc2)o1. The van der Waals surface area contributed by atoms with Crippen molar-refractivity contribution in [3.05, 3.63) is 64.8 Å². The summed E-state index contributed by atoms with van der Waals surface area (Å²) in [4.78, 5) is 11.4. The van der Waals surface area contributed by atoms with Crippen LogP contribution in [0.2, 0.25) is 0 Å². The van der Waals surface area contributed by atoms with Gasteiger partial charge in [-0.1, -0.05) is 12.1 Å². The van der Waals surface area contributed by atoms with E-state index < -0.39 is 18.4 Å². The van der Waals surface area contributed by atoms with E-state index in [-0.39, 0.29) is 21.8 Å². The molecule has 0 saturated carbocycles. The molecule has 0 aliphatic rings. The van der Waals surface area contributed by atoms with E-state index in [4.69, 9.17) is 4.42 Å². The van der Waals surface area contributed by atoms with Crippen molar-refractivity contribution in [3.8, 4) is 17.2 Å². The van der Waals surface area contributed by atoms with E-state index in [9.17, 15) is 23.1 Å². The molecule has 0 bridgehead atoms. The van der Waals surface area contributed by atoms with Gasteiger partial charge in [0.15, 0.2) is 0 Å². The number of hydrogen-bond acceptors (Lipinski definition) is 6. The Morgan fingerprint density at radius 2 is 1.79 bits per heavy atom. The normalized spacial score (nSPS) is 11.6. The van der Waals surface area contributed by atoms with Crippen molar-refractivity contribution in [1.29, 1.82) is 0 Å². The first-order valence-corrected chi connectivity index (χ1v) is 8.49. The van der Waals surface area contributed by atoms with E-state index in [1.165, 1.54) is 54.6 Å². The number of halogens is 3. The van der Waals surface area contributed by atoms with Gasteiger partial charge in [-0.05, 0) is 59.8 Å². The van der Waals surface area contributed by atoms with Crippen LogP contribution in [0.5, 0.6) is 5.75 Å². The predicted molar refractivity (Wildman–Crippen MR) is 94.2 cm³/mol. The maximum Gasteiger partial charge on any atom is 0.387 e. The van der Waals surface area contributed by atoms with Gasteiger partial charge in [-0.2, -0.15) is 8.78 Å². The minimum Gasteiger partial charge on any atom is -0.477 e. The first-order valence-electron chi connectivity index (χ1n) is 7.68. The summed E-state index contributed by atoms with van der Waals surface area (Å²) < 4.78 is 46.9. The monoisotopic (exact) mass is 408 g/mol. The Morgan fingerprint density at radius 3 is 2.39 bits per heavy atom. The summed E-state index contributed by atoms with van der Waals surface area (Å²) in [6.45, 7) is -2.95. The second-order valence-electron chi connectivity index (χ2n) is 5.24. The van der Waals surface area contributed by atoms with Gasteiger partial charge in [0.2, 0.25) is 5.89 Å². The molecule has 3 rings (SSSR count). The molecule has 0 radical (unpaired) electrons. The molecule has 0 aliphatic carbocycles. The molecule has 144 valence electrons. The standard InChI is InChI=1S/C18H11F3N2O4S/c19-12-5-3-11(4-6-12)15-22-23-18(27-15)28-14(16(24)25)9-10-1-7-13(8-2-10)26-17(20)21/h1-9,17H,(H,24,25)/b14-9+. The number of carbonyl (C=O) groups is 1. The van der Waals surface area contributed by atoms with Crippen LogP contribution in [0, 0.1) is 5.82 Å². The molecule has 0 atom stereocenters. The zero-order valence-corrected chi connectivity index (χ0v) is 14.7. The molecule has 1 aromatic heterocycles. The number of carboxylic acids is 1. The molecule has 3 aromatic rings. The summed E-state index contributed by atoms with van der Waals surface area (Å²) in [5, 5.41) is 16.9. The van der Waals surface area contributed by atoms with Crippen LogP contribution in [0.25, 0.3) is 17.5 Å². The van der Waals surface area contributed by atoms with Gasteiger partial charge < -0.3 is 14.3 Å². The molecule has 6 nitrogen and oxygen atoms in total. The predicted octanol–water partition coefficient (Wildman–Crippen LogP) is 4.69. The van der Waals surface area contributed by atoms with Gasteiger partial charge in [0.05, 0.1) is 0 Å². The van der Waals surface area contributed by atoms with Crippen molar-refractivity contribution in [2.75, 3.05) is 0 Å². The maximum absolute atomic E-state index is 13.0. The number of aromatic nitrogens is 2. The Labute approximate surface area is 160 Å². The summed E-state index contributed by atoms with van der Waals surface area (Å²) in [6.07, 6.45) is 1.32. The highest BCUT2D eigenvalue weighted by Crippen LogP contribution is 2.30. The maximum atomic E-state index is 13.0. The van der Waals surface area contributed by atoms with Gasteiger partial charge in [0.25, 0.3) is 5.22 Å². The lowest BCUT2D eigenvalue weighted by Gasteiger charge is -2.04. The number of hydrogen-bond donors (Lipinski definition) is 1. The van der Waals surface area contributed by atoms with Crippen molar-refractivity contribution in [1.82, 2.24) is 10.2 Å². The molecule has 1 heterocycles. The molecule has 0 spiro atoms. The Balaban J connectivity index is 1.77. The van der Waals surface area contributed by atoms with Gasteiger partial charge in [0.1, 0.15) is 16.5 Å². The van der Waals surface area contributed by atoms with Gasteiger partial charge in [-0.3, -0.25) is 0 Å². The van der Waals surface area contributed by atoms with Crippen molar-refractivity contribution < 1.29 is 32.2 Å². The molecule has 28 heavy (non-hydrogen) atoms. The van der Waals surface area contributed by atoms with E-state index in [0.717, 1.165) is 11.8 Å². The third-order valence-electron chi connectivity index (χ3n) is 3.31. The largest absolute Gasteiger partial charge is 0.477 e. The van der Waals surface area contributed by atoms with E-state index in [0.29, 0.717) is 11.1 Å². The molecule has 0 unspecified atom stereocenters. The zero-order valence-electron chi connectivity index (χ0n) is 13.9. The topological polar surface area (TPSA) is 85.5 Å². The quantitative estimate of drug-likeness (QED) is 0.448. The minimum absolute atomic E-state index is 0.0226. The molecule has 10 heteroatoms. The number of thioether (sulfide) groups is 1. The number of ether oxygens (including phenoxy) is 1. The Hall–Kier alpha value is -3.27. The number of nitrogens with zero attached hydrogens (tertiary/aromatic N) is 2. The summed E-state index contributed by atoms with van der Waals surface area (Å²) in [6, 6.07) is 10.8. The van der Waals surface area contributed by atoms with Gasteiger partial charge >= 0.3 is 12.6 Å². The molecular formula is C18H11F3N2O4S. The first kappa shape index (κ1) is 19.5. The third kappa shape index (κ3) is 5.13. The Morgan fingerprint density at radius 1 is 1.11 bits per heavy atom. The van der Waals surface area contributed by atoms with Crippen molar-refractivity contribution >= 4 is 23.8 Å². The number of aliphatic carboxylic acids is 1. The molecule has 0 amide bonds. The van der Waals surface area contributed by atoms with E-state index in [2.05, 4.69) is 14.9 Å². The van der Waals surface area contributed by atoms with E-state index in [1.807, 2.05) is 0 Å². The van der Waals surface area contributed by atoms with E-state index in [1.54, 1.807) is 0 Å². The summed E-state index contributed by atoms with van der Waals surface area (Å²) >= 11 is 0.721. The fraction of sp³-hybridized carbons (Fsp3) is 0.0556. The van der Waals surface area contributed by atoms with Gasteiger partial charge in [-0.25, -0.2) is 9.18 Å². The van der Waals surface area contributed by atoms with Crippen LogP contribution >= 0.6 is 11.8 Å². The molecule has 1 N–H and O–H groups in total. The lowest BCUT2D eigenvalue weighted by Crippen LogP contribution is -2.01. The highest BCUT2D eigenvalue weighted by Gasteiger charge is 2.16. The number of benzene rings is 2. The third-order valence-corrected chi connectivity index (χ3v) is 4.16. The number of carboxylic acid groups (broad SMARTS) is 1. The fourth-order valence-electron chi connectivity index (χ4n) is 2.09. The second kappa shape index (κ2) is 8.61. The van der Waals surface area contributed by atoms with Crippen molar-refractivity contribution in [2.24, 2.45) is 0 Å². The second-order valence-corrected chi connectivity index (χ2v) is 6.24. The molecule has 2 aromatic carbocycles. The molecule has 0 saturated heterocycles. The van der Waals surface area contributed by atoms with Crippen LogP contribution in [-0.4, -0.2) is 27.9 Å². The van der Waals surface area contributed by atoms with E-state index >= 15 is 0 Å². The minimum atomic E-state index is -2.95. The van der Waals surface area contributed by atoms with Crippen molar-refractivity contribution in [2.45, 2.75) is 11.8 Å². The average molecular weight is 408 g/mol. The summed E-state index contributed by atoms with van der Waals surface area (Å²) in [7, 11) is 0. The first-order chi connectivity index (χ1) is 13.4. The van der Waals surface area contributed by atoms with Crippen LogP contribution in [0.4, 0.5) is 13.2 Å². The lowest BCUT2D eigenvalue weighted by molar-refractivity contribution is -0.131. The number of rotatable bonds is 7. The van der Waals surface area contributed by atoms with Gasteiger partial charge in [-0.15, -0.1) is 10.2 Å². The van der Waals surface area contributed by atoms with Crippen LogP contribution in [0.15, 0.2) is 63.1 Å². The highest BCUT2D eigenvalue weighted by atomic mass is 32.2. The van der Waals surface area contributed by atoms with Gasteiger partial charge in [0, 0.05) is 5.56 Å². The van der Waals surface area contributed by atoms with Crippen LogP contribution in [-0.2, 0) is 4.79 Å². The highest BCUT2D eigenvalue weighted by molar-refractivity contribution is 8.03. The Bertz CT molecular complexity index is 989.